The van der Waals surface area contributed by atoms with Crippen molar-refractivity contribution in [3.8, 4) is 0 Å². The van der Waals surface area contributed by atoms with Gasteiger partial charge in [0, 0.05) is 32.4 Å². The lowest BCUT2D eigenvalue weighted by Gasteiger charge is -2.15. The average molecular weight is 300 g/mol. The lowest BCUT2D eigenvalue weighted by Crippen LogP contribution is -2.21. The molecule has 0 amide bonds. The molecule has 2 heterocycles. The van der Waals surface area contributed by atoms with Gasteiger partial charge in [-0.3, -0.25) is 9.25 Å². The first-order chi connectivity index (χ1) is 10.6. The van der Waals surface area contributed by atoms with Gasteiger partial charge in [-0.05, 0) is 37.6 Å². The summed E-state index contributed by atoms with van der Waals surface area (Å²) in [7, 11) is 1.72. The molecule has 1 aromatic carbocycles. The molecule has 0 saturated carbocycles. The molecule has 0 aliphatic carbocycles. The predicted octanol–water partition coefficient (Wildman–Crippen LogP) is 2.20. The Balaban J connectivity index is 1.76. The van der Waals surface area contributed by atoms with Crippen LogP contribution >= 0.6 is 0 Å². The predicted molar refractivity (Wildman–Crippen MR) is 84.6 cm³/mol. The van der Waals surface area contributed by atoms with Crippen molar-refractivity contribution in [3.63, 3.8) is 0 Å². The highest BCUT2D eigenvalue weighted by Gasteiger charge is 2.11. The van der Waals surface area contributed by atoms with Crippen LogP contribution < -0.4 is 11.1 Å². The first-order valence-electron chi connectivity index (χ1n) is 7.43. The maximum Gasteiger partial charge on any atom is 0.419 e. The standard InChI is InChI=1S/C16H20N4O2/c1-4-20-13(7-8-18-20)11(2)17-10-12-5-6-15-14(9-12)19(3)16(21)22-15/h5-9,11,17H,4,10H2,1-3H3. The monoisotopic (exact) mass is 300 g/mol. The van der Waals surface area contributed by atoms with Crippen LogP contribution in [0, 0.1) is 0 Å². The van der Waals surface area contributed by atoms with Crippen LogP contribution in [0.3, 0.4) is 0 Å². The zero-order valence-corrected chi connectivity index (χ0v) is 13.0. The number of hydrogen-bond donors (Lipinski definition) is 1. The normalized spacial score (nSPS) is 12.9. The number of nitrogens with one attached hydrogen (secondary N) is 1. The highest BCUT2D eigenvalue weighted by Crippen LogP contribution is 2.16. The molecule has 6 heteroatoms. The van der Waals surface area contributed by atoms with Crippen molar-refractivity contribution in [1.82, 2.24) is 19.7 Å². The minimum atomic E-state index is -0.333. The van der Waals surface area contributed by atoms with Crippen LogP contribution in [0.2, 0.25) is 0 Å². The topological polar surface area (TPSA) is 65.0 Å². The summed E-state index contributed by atoms with van der Waals surface area (Å²) in [6.45, 7) is 5.77. The van der Waals surface area contributed by atoms with Gasteiger partial charge in [-0.1, -0.05) is 6.07 Å². The Morgan fingerprint density at radius 2 is 2.18 bits per heavy atom. The van der Waals surface area contributed by atoms with Crippen LogP contribution in [0.4, 0.5) is 0 Å². The van der Waals surface area contributed by atoms with Gasteiger partial charge >= 0.3 is 5.76 Å². The molecule has 1 N–H and O–H groups in total. The Morgan fingerprint density at radius 1 is 1.36 bits per heavy atom. The van der Waals surface area contributed by atoms with Crippen molar-refractivity contribution >= 4 is 11.1 Å². The molecule has 0 spiro atoms. The molecule has 3 rings (SSSR count). The van der Waals surface area contributed by atoms with Crippen LogP contribution in [-0.4, -0.2) is 14.3 Å². The summed E-state index contributed by atoms with van der Waals surface area (Å²) < 4.78 is 8.65. The number of hydrogen-bond acceptors (Lipinski definition) is 4. The maximum atomic E-state index is 11.5. The van der Waals surface area contributed by atoms with Crippen molar-refractivity contribution in [3.05, 3.63) is 52.3 Å². The van der Waals surface area contributed by atoms with Crippen molar-refractivity contribution in [2.75, 3.05) is 0 Å². The minimum Gasteiger partial charge on any atom is -0.408 e. The van der Waals surface area contributed by atoms with Gasteiger partial charge in [0.15, 0.2) is 5.58 Å². The molecule has 1 atom stereocenters. The van der Waals surface area contributed by atoms with E-state index in [9.17, 15) is 4.79 Å². The van der Waals surface area contributed by atoms with E-state index < -0.39 is 0 Å². The molecule has 0 radical (unpaired) electrons. The zero-order valence-electron chi connectivity index (χ0n) is 13.0. The molecule has 22 heavy (non-hydrogen) atoms. The summed E-state index contributed by atoms with van der Waals surface area (Å²) in [6, 6.07) is 8.03. The molecule has 0 fully saturated rings. The van der Waals surface area contributed by atoms with Gasteiger partial charge < -0.3 is 9.73 Å². The summed E-state index contributed by atoms with van der Waals surface area (Å²) in [6.07, 6.45) is 1.82. The van der Waals surface area contributed by atoms with E-state index in [2.05, 4.69) is 24.3 Å². The SMILES string of the molecule is CCn1nccc1C(C)NCc1ccc2oc(=O)n(C)c2c1. The highest BCUT2D eigenvalue weighted by atomic mass is 16.4. The third-order valence-electron chi connectivity index (χ3n) is 3.96. The largest absolute Gasteiger partial charge is 0.419 e. The van der Waals surface area contributed by atoms with Gasteiger partial charge in [0.25, 0.3) is 0 Å². The second-order valence-electron chi connectivity index (χ2n) is 5.40. The van der Waals surface area contributed by atoms with E-state index in [1.165, 1.54) is 10.3 Å². The fourth-order valence-electron chi connectivity index (χ4n) is 2.63. The number of rotatable bonds is 5. The fraction of sp³-hybridized carbons (Fsp3) is 0.375. The molecular weight excluding hydrogens is 280 g/mol. The van der Waals surface area contributed by atoms with Gasteiger partial charge in [-0.25, -0.2) is 4.79 Å². The van der Waals surface area contributed by atoms with Gasteiger partial charge in [0.2, 0.25) is 0 Å². The second kappa shape index (κ2) is 5.81. The summed E-state index contributed by atoms with van der Waals surface area (Å²) in [5.74, 6) is -0.333. The van der Waals surface area contributed by atoms with Gasteiger partial charge in [0.1, 0.15) is 0 Å². The Morgan fingerprint density at radius 3 is 2.95 bits per heavy atom. The number of benzene rings is 1. The van der Waals surface area contributed by atoms with Crippen LogP contribution in [0.15, 0.2) is 39.7 Å². The van der Waals surface area contributed by atoms with Crippen molar-refractivity contribution in [2.24, 2.45) is 7.05 Å². The Hall–Kier alpha value is -2.34. The molecule has 0 saturated heterocycles. The van der Waals surface area contributed by atoms with Gasteiger partial charge in [-0.15, -0.1) is 0 Å². The summed E-state index contributed by atoms with van der Waals surface area (Å²) in [5, 5.41) is 7.78. The van der Waals surface area contributed by atoms with E-state index >= 15 is 0 Å². The third kappa shape index (κ3) is 2.57. The van der Waals surface area contributed by atoms with E-state index in [4.69, 9.17) is 4.42 Å². The molecule has 1 unspecified atom stereocenters. The van der Waals surface area contributed by atoms with Crippen LogP contribution in [-0.2, 0) is 20.1 Å². The lowest BCUT2D eigenvalue weighted by molar-refractivity contribution is 0.509. The Bertz CT molecular complexity index is 843. The second-order valence-corrected chi connectivity index (χ2v) is 5.40. The smallest absolute Gasteiger partial charge is 0.408 e. The van der Waals surface area contributed by atoms with E-state index in [0.29, 0.717) is 12.1 Å². The number of nitrogens with zero attached hydrogens (tertiary/aromatic N) is 3. The first kappa shape index (κ1) is 14.6. The quantitative estimate of drug-likeness (QED) is 0.784. The van der Waals surface area contributed by atoms with E-state index in [-0.39, 0.29) is 11.8 Å². The van der Waals surface area contributed by atoms with E-state index in [1.54, 1.807) is 7.05 Å². The molecular formula is C16H20N4O2. The molecule has 3 aromatic rings. The first-order valence-corrected chi connectivity index (χ1v) is 7.43. The summed E-state index contributed by atoms with van der Waals surface area (Å²) in [4.78, 5) is 11.5. The van der Waals surface area contributed by atoms with Gasteiger partial charge in [-0.2, -0.15) is 5.10 Å². The summed E-state index contributed by atoms with van der Waals surface area (Å²) >= 11 is 0. The van der Waals surface area contributed by atoms with Crippen LogP contribution in [0.5, 0.6) is 0 Å². The van der Waals surface area contributed by atoms with Crippen LogP contribution in [0.1, 0.15) is 31.1 Å². The zero-order chi connectivity index (χ0) is 15.7. The summed E-state index contributed by atoms with van der Waals surface area (Å²) in [5.41, 5.74) is 3.71. The molecule has 0 bridgehead atoms. The maximum absolute atomic E-state index is 11.5. The Kier molecular flexibility index (Phi) is 3.85. The third-order valence-corrected chi connectivity index (χ3v) is 3.96. The molecule has 2 aromatic heterocycles. The minimum absolute atomic E-state index is 0.200. The van der Waals surface area contributed by atoms with Crippen LogP contribution in [0.25, 0.3) is 11.1 Å². The van der Waals surface area contributed by atoms with E-state index in [0.717, 1.165) is 17.6 Å². The van der Waals surface area contributed by atoms with Crippen molar-refractivity contribution in [1.29, 1.82) is 0 Å². The average Bonchev–Trinajstić information content (AvgIpc) is 3.10. The number of fused-ring (bicyclic) bond motifs is 1. The number of aryl methyl sites for hydroxylation is 2. The molecule has 0 aliphatic heterocycles. The van der Waals surface area contributed by atoms with E-state index in [1.807, 2.05) is 35.1 Å². The fourth-order valence-corrected chi connectivity index (χ4v) is 2.63. The highest BCUT2D eigenvalue weighted by molar-refractivity contribution is 5.73. The Labute approximate surface area is 128 Å². The van der Waals surface area contributed by atoms with Gasteiger partial charge in [0.05, 0.1) is 11.2 Å². The molecule has 0 aliphatic rings. The number of aromatic nitrogens is 3. The molecule has 116 valence electrons. The lowest BCUT2D eigenvalue weighted by atomic mass is 10.1. The van der Waals surface area contributed by atoms with Crippen molar-refractivity contribution in [2.45, 2.75) is 33.0 Å². The number of oxazole rings is 1. The molecule has 6 nitrogen and oxygen atoms in total. The van der Waals surface area contributed by atoms with Crippen molar-refractivity contribution < 1.29 is 4.42 Å².